The Labute approximate surface area is 142 Å². The molecule has 128 valence electrons. The van der Waals surface area contributed by atoms with Gasteiger partial charge in [-0.05, 0) is 18.9 Å². The van der Waals surface area contributed by atoms with Crippen molar-refractivity contribution in [1.29, 1.82) is 0 Å². The maximum absolute atomic E-state index is 12.5. The Bertz CT molecular complexity index is 671. The van der Waals surface area contributed by atoms with Crippen LogP contribution < -0.4 is 5.32 Å². The number of nitrogens with one attached hydrogen (secondary N) is 1. The predicted molar refractivity (Wildman–Crippen MR) is 93.0 cm³/mol. The van der Waals surface area contributed by atoms with Crippen LogP contribution in [0.25, 0.3) is 0 Å². The van der Waals surface area contributed by atoms with Crippen molar-refractivity contribution in [2.45, 2.75) is 39.0 Å². The SMILES string of the molecule is CCC1CN(C(=O)Nc2cnn(Cc3ccccc3)c2)CC(C)O1. The van der Waals surface area contributed by atoms with Crippen LogP contribution in [0.5, 0.6) is 0 Å². The van der Waals surface area contributed by atoms with Gasteiger partial charge in [0, 0.05) is 19.3 Å². The minimum absolute atomic E-state index is 0.0650. The molecule has 6 heteroatoms. The second kappa shape index (κ2) is 7.49. The van der Waals surface area contributed by atoms with Crippen molar-refractivity contribution in [3.05, 3.63) is 48.3 Å². The Morgan fingerprint density at radius 1 is 1.33 bits per heavy atom. The number of ether oxygens (including phenoxy) is 1. The van der Waals surface area contributed by atoms with Gasteiger partial charge in [-0.25, -0.2) is 4.79 Å². The fourth-order valence-electron chi connectivity index (χ4n) is 2.92. The zero-order chi connectivity index (χ0) is 16.9. The van der Waals surface area contributed by atoms with Crippen LogP contribution in [0.2, 0.25) is 0 Å². The molecule has 0 bridgehead atoms. The molecule has 2 atom stereocenters. The molecular weight excluding hydrogens is 304 g/mol. The van der Waals surface area contributed by atoms with Crippen molar-refractivity contribution in [2.75, 3.05) is 18.4 Å². The first-order valence-corrected chi connectivity index (χ1v) is 8.42. The van der Waals surface area contributed by atoms with Crippen molar-refractivity contribution in [3.63, 3.8) is 0 Å². The third-order valence-electron chi connectivity index (χ3n) is 4.14. The molecule has 2 heterocycles. The van der Waals surface area contributed by atoms with E-state index in [0.717, 1.165) is 6.42 Å². The molecular formula is C18H24N4O2. The average Bonchev–Trinajstić information content (AvgIpc) is 3.02. The highest BCUT2D eigenvalue weighted by Gasteiger charge is 2.27. The van der Waals surface area contributed by atoms with Gasteiger partial charge in [-0.15, -0.1) is 0 Å². The molecule has 1 fully saturated rings. The number of nitrogens with zero attached hydrogens (tertiary/aromatic N) is 3. The summed E-state index contributed by atoms with van der Waals surface area (Å²) in [6.07, 6.45) is 4.62. The quantitative estimate of drug-likeness (QED) is 0.939. The van der Waals surface area contributed by atoms with Crippen molar-refractivity contribution in [1.82, 2.24) is 14.7 Å². The molecule has 0 spiro atoms. The fraction of sp³-hybridized carbons (Fsp3) is 0.444. The van der Waals surface area contributed by atoms with Crippen LogP contribution in [0.1, 0.15) is 25.8 Å². The highest BCUT2D eigenvalue weighted by molar-refractivity contribution is 5.89. The molecule has 0 saturated carbocycles. The molecule has 0 aliphatic carbocycles. The summed E-state index contributed by atoms with van der Waals surface area (Å²) in [4.78, 5) is 14.3. The largest absolute Gasteiger partial charge is 0.372 e. The summed E-state index contributed by atoms with van der Waals surface area (Å²) >= 11 is 0. The molecule has 6 nitrogen and oxygen atoms in total. The molecule has 24 heavy (non-hydrogen) atoms. The van der Waals surface area contributed by atoms with Crippen LogP contribution in [0.3, 0.4) is 0 Å². The molecule has 1 aliphatic rings. The van der Waals surface area contributed by atoms with Gasteiger partial charge < -0.3 is 15.0 Å². The summed E-state index contributed by atoms with van der Waals surface area (Å²) in [7, 11) is 0. The molecule has 2 amide bonds. The first kappa shape index (κ1) is 16.5. The van der Waals surface area contributed by atoms with Crippen molar-refractivity contribution in [2.24, 2.45) is 0 Å². The van der Waals surface area contributed by atoms with Gasteiger partial charge in [0.25, 0.3) is 0 Å². The first-order chi connectivity index (χ1) is 11.6. The number of amides is 2. The lowest BCUT2D eigenvalue weighted by Gasteiger charge is -2.36. The molecule has 0 radical (unpaired) electrons. The third-order valence-corrected chi connectivity index (χ3v) is 4.14. The van der Waals surface area contributed by atoms with E-state index in [1.165, 1.54) is 5.56 Å². The van der Waals surface area contributed by atoms with Crippen molar-refractivity contribution < 1.29 is 9.53 Å². The van der Waals surface area contributed by atoms with Gasteiger partial charge in [0.1, 0.15) is 0 Å². The van der Waals surface area contributed by atoms with Gasteiger partial charge in [0.15, 0.2) is 0 Å². The number of hydrogen-bond donors (Lipinski definition) is 1. The van der Waals surface area contributed by atoms with Crippen LogP contribution in [0.15, 0.2) is 42.7 Å². The standard InChI is InChI=1S/C18H24N4O2/c1-3-17-13-21(10-14(2)24-17)18(23)20-16-9-19-22(12-16)11-15-7-5-4-6-8-15/h4-9,12,14,17H,3,10-11,13H2,1-2H3,(H,20,23). The lowest BCUT2D eigenvalue weighted by atomic mass is 10.2. The maximum atomic E-state index is 12.5. The molecule has 1 saturated heterocycles. The van der Waals surface area contributed by atoms with Crippen LogP contribution >= 0.6 is 0 Å². The van der Waals surface area contributed by atoms with Crippen LogP contribution in [0, 0.1) is 0 Å². The maximum Gasteiger partial charge on any atom is 0.322 e. The summed E-state index contributed by atoms with van der Waals surface area (Å²) < 4.78 is 7.62. The van der Waals surface area contributed by atoms with E-state index in [2.05, 4.69) is 29.5 Å². The zero-order valence-electron chi connectivity index (χ0n) is 14.2. The number of morpholine rings is 1. The molecule has 1 aromatic carbocycles. The van der Waals surface area contributed by atoms with Gasteiger partial charge in [0.05, 0.1) is 30.6 Å². The Hall–Kier alpha value is -2.34. The summed E-state index contributed by atoms with van der Waals surface area (Å²) in [6, 6.07) is 10.0. The number of carbonyl (C=O) groups is 1. The van der Waals surface area contributed by atoms with E-state index in [4.69, 9.17) is 4.74 Å². The zero-order valence-corrected chi connectivity index (χ0v) is 14.2. The molecule has 1 N–H and O–H groups in total. The van der Waals surface area contributed by atoms with Gasteiger partial charge in [-0.1, -0.05) is 37.3 Å². The smallest absolute Gasteiger partial charge is 0.322 e. The van der Waals surface area contributed by atoms with E-state index in [1.807, 2.05) is 40.9 Å². The molecule has 2 unspecified atom stereocenters. The summed E-state index contributed by atoms with van der Waals surface area (Å²) in [5.74, 6) is 0. The summed E-state index contributed by atoms with van der Waals surface area (Å²) in [5.41, 5.74) is 1.88. The lowest BCUT2D eigenvalue weighted by molar-refractivity contribution is -0.0632. The monoisotopic (exact) mass is 328 g/mol. The predicted octanol–water partition coefficient (Wildman–Crippen LogP) is 2.96. The normalized spacial score (nSPS) is 20.8. The number of carbonyl (C=O) groups excluding carboxylic acids is 1. The Balaban J connectivity index is 1.59. The third kappa shape index (κ3) is 4.14. The van der Waals surface area contributed by atoms with E-state index in [9.17, 15) is 4.79 Å². The fourth-order valence-corrected chi connectivity index (χ4v) is 2.92. The minimum atomic E-state index is -0.0946. The molecule has 2 aromatic rings. The number of hydrogen-bond acceptors (Lipinski definition) is 3. The Morgan fingerprint density at radius 2 is 2.12 bits per heavy atom. The number of aromatic nitrogens is 2. The topological polar surface area (TPSA) is 59.4 Å². The van der Waals surface area contributed by atoms with Gasteiger partial charge in [-0.2, -0.15) is 5.10 Å². The molecule has 1 aromatic heterocycles. The van der Waals surface area contributed by atoms with Crippen molar-refractivity contribution >= 4 is 11.7 Å². The van der Waals surface area contributed by atoms with Crippen molar-refractivity contribution in [3.8, 4) is 0 Å². The number of anilines is 1. The number of rotatable bonds is 4. The number of urea groups is 1. The average molecular weight is 328 g/mol. The van der Waals surface area contributed by atoms with E-state index in [1.54, 1.807) is 6.20 Å². The Morgan fingerprint density at radius 3 is 2.88 bits per heavy atom. The minimum Gasteiger partial charge on any atom is -0.372 e. The summed E-state index contributed by atoms with van der Waals surface area (Å²) in [5, 5.41) is 7.25. The van der Waals surface area contributed by atoms with Crippen LogP contribution in [-0.2, 0) is 11.3 Å². The highest BCUT2D eigenvalue weighted by Crippen LogP contribution is 2.15. The second-order valence-corrected chi connectivity index (χ2v) is 6.22. The van der Waals surface area contributed by atoms with Gasteiger partial charge >= 0.3 is 6.03 Å². The highest BCUT2D eigenvalue weighted by atomic mass is 16.5. The van der Waals surface area contributed by atoms with E-state index < -0.39 is 0 Å². The number of benzene rings is 1. The van der Waals surface area contributed by atoms with E-state index >= 15 is 0 Å². The summed E-state index contributed by atoms with van der Waals surface area (Å²) in [6.45, 7) is 6.00. The second-order valence-electron chi connectivity index (χ2n) is 6.22. The van der Waals surface area contributed by atoms with E-state index in [0.29, 0.717) is 25.3 Å². The molecule has 1 aliphatic heterocycles. The van der Waals surface area contributed by atoms with E-state index in [-0.39, 0.29) is 18.2 Å². The van der Waals surface area contributed by atoms with Crippen LogP contribution in [-0.4, -0.2) is 46.0 Å². The lowest BCUT2D eigenvalue weighted by Crippen LogP contribution is -2.50. The van der Waals surface area contributed by atoms with Gasteiger partial charge in [-0.3, -0.25) is 4.68 Å². The Kier molecular flexibility index (Phi) is 5.15. The van der Waals surface area contributed by atoms with Crippen LogP contribution in [0.4, 0.5) is 10.5 Å². The van der Waals surface area contributed by atoms with Gasteiger partial charge in [0.2, 0.25) is 0 Å². The first-order valence-electron chi connectivity index (χ1n) is 8.42. The molecule has 3 rings (SSSR count).